The molecule has 12 heavy (non-hydrogen) atoms. The number of hydrogen-bond donors (Lipinski definition) is 1. The minimum Gasteiger partial charge on any atom is -0.493 e. The Morgan fingerprint density at radius 3 is 2.92 bits per heavy atom. The van der Waals surface area contributed by atoms with Gasteiger partial charge in [0.05, 0.1) is 5.38 Å². The average molecular weight is 183 g/mol. The third-order valence-electron chi connectivity index (χ3n) is 2.69. The zero-order valence-electron chi connectivity index (χ0n) is 7.16. The van der Waals surface area contributed by atoms with Crippen molar-refractivity contribution in [3.8, 4) is 5.88 Å². The van der Waals surface area contributed by atoms with Crippen LogP contribution in [0.5, 0.6) is 5.88 Å². The highest BCUT2D eigenvalue weighted by molar-refractivity contribution is 7.09. The molecule has 1 aromatic heterocycles. The van der Waals surface area contributed by atoms with Gasteiger partial charge < -0.3 is 5.11 Å². The van der Waals surface area contributed by atoms with Crippen LogP contribution in [0.3, 0.4) is 0 Å². The molecule has 1 aliphatic rings. The Morgan fingerprint density at radius 1 is 1.58 bits per heavy atom. The first kappa shape index (κ1) is 8.05. The van der Waals surface area contributed by atoms with Crippen LogP contribution in [0.2, 0.25) is 0 Å². The predicted octanol–water partition coefficient (Wildman–Crippen LogP) is 2.75. The van der Waals surface area contributed by atoms with Gasteiger partial charge in [-0.2, -0.15) is 0 Å². The van der Waals surface area contributed by atoms with Crippen LogP contribution in [0.15, 0.2) is 5.38 Å². The van der Waals surface area contributed by atoms with E-state index in [2.05, 4.69) is 11.9 Å². The van der Waals surface area contributed by atoms with Gasteiger partial charge in [0.1, 0.15) is 5.01 Å². The van der Waals surface area contributed by atoms with Gasteiger partial charge in [-0.05, 0) is 12.3 Å². The van der Waals surface area contributed by atoms with Crippen molar-refractivity contribution in [1.29, 1.82) is 0 Å². The van der Waals surface area contributed by atoms with Crippen molar-refractivity contribution in [2.24, 2.45) is 5.92 Å². The normalized spacial score (nSPS) is 29.4. The minimum absolute atomic E-state index is 0.189. The van der Waals surface area contributed by atoms with Crippen LogP contribution in [0.25, 0.3) is 0 Å². The molecule has 0 saturated heterocycles. The van der Waals surface area contributed by atoms with Gasteiger partial charge in [0, 0.05) is 5.92 Å². The van der Waals surface area contributed by atoms with E-state index in [1.165, 1.54) is 19.3 Å². The predicted molar refractivity (Wildman–Crippen MR) is 49.5 cm³/mol. The Morgan fingerprint density at radius 2 is 2.42 bits per heavy atom. The monoisotopic (exact) mass is 183 g/mol. The molecule has 1 aromatic rings. The molecular formula is C9H13NOS. The van der Waals surface area contributed by atoms with Gasteiger partial charge >= 0.3 is 0 Å². The molecule has 1 aliphatic carbocycles. The summed E-state index contributed by atoms with van der Waals surface area (Å²) in [4.78, 5) is 4.12. The topological polar surface area (TPSA) is 33.1 Å². The summed E-state index contributed by atoms with van der Waals surface area (Å²) in [5.74, 6) is 1.54. The van der Waals surface area contributed by atoms with E-state index in [-0.39, 0.29) is 5.88 Å². The fourth-order valence-electron chi connectivity index (χ4n) is 1.96. The quantitative estimate of drug-likeness (QED) is 0.726. The molecule has 1 fully saturated rings. The van der Waals surface area contributed by atoms with E-state index in [0.717, 1.165) is 10.9 Å². The Hall–Kier alpha value is -0.570. The van der Waals surface area contributed by atoms with E-state index >= 15 is 0 Å². The van der Waals surface area contributed by atoms with E-state index in [1.54, 1.807) is 16.7 Å². The molecule has 0 radical (unpaired) electrons. The largest absolute Gasteiger partial charge is 0.493 e. The summed E-state index contributed by atoms with van der Waals surface area (Å²) >= 11 is 1.59. The SMILES string of the molecule is CC1CCCC1c1nc(O)cs1. The molecule has 1 heterocycles. The molecule has 2 unspecified atom stereocenters. The van der Waals surface area contributed by atoms with Crippen molar-refractivity contribution in [3.63, 3.8) is 0 Å². The Balaban J connectivity index is 2.19. The maximum atomic E-state index is 9.10. The molecule has 0 bridgehead atoms. The van der Waals surface area contributed by atoms with Crippen LogP contribution in [-0.2, 0) is 0 Å². The number of aromatic nitrogens is 1. The number of rotatable bonds is 1. The summed E-state index contributed by atoms with van der Waals surface area (Å²) < 4.78 is 0. The van der Waals surface area contributed by atoms with Crippen LogP contribution in [0.1, 0.15) is 37.1 Å². The third kappa shape index (κ3) is 1.33. The molecule has 0 aliphatic heterocycles. The molecule has 0 amide bonds. The minimum atomic E-state index is 0.189. The lowest BCUT2D eigenvalue weighted by molar-refractivity contribution is 0.450. The molecule has 0 spiro atoms. The second-order valence-electron chi connectivity index (χ2n) is 3.56. The first-order chi connectivity index (χ1) is 5.77. The summed E-state index contributed by atoms with van der Waals surface area (Å²) in [6.45, 7) is 2.27. The molecule has 66 valence electrons. The van der Waals surface area contributed by atoms with Crippen LogP contribution in [-0.4, -0.2) is 10.1 Å². The summed E-state index contributed by atoms with van der Waals surface area (Å²) in [5.41, 5.74) is 0. The van der Waals surface area contributed by atoms with Crippen molar-refractivity contribution in [3.05, 3.63) is 10.4 Å². The molecule has 0 aromatic carbocycles. The molecular weight excluding hydrogens is 170 g/mol. The molecule has 1 N–H and O–H groups in total. The number of aromatic hydroxyl groups is 1. The lowest BCUT2D eigenvalue weighted by atomic mass is 9.99. The van der Waals surface area contributed by atoms with Gasteiger partial charge in [0.25, 0.3) is 0 Å². The van der Waals surface area contributed by atoms with Crippen LogP contribution in [0.4, 0.5) is 0 Å². The highest BCUT2D eigenvalue weighted by Gasteiger charge is 2.27. The zero-order chi connectivity index (χ0) is 8.55. The summed E-state index contributed by atoms with van der Waals surface area (Å²) in [6, 6.07) is 0. The second-order valence-corrected chi connectivity index (χ2v) is 4.45. The van der Waals surface area contributed by atoms with Crippen molar-refractivity contribution < 1.29 is 5.11 Å². The molecule has 3 heteroatoms. The Labute approximate surface area is 76.3 Å². The summed E-state index contributed by atoms with van der Waals surface area (Å²) in [6.07, 6.45) is 3.87. The Kier molecular flexibility index (Phi) is 2.05. The number of hydrogen-bond acceptors (Lipinski definition) is 3. The van der Waals surface area contributed by atoms with Crippen molar-refractivity contribution in [2.45, 2.75) is 32.1 Å². The van der Waals surface area contributed by atoms with Gasteiger partial charge in [-0.3, -0.25) is 0 Å². The average Bonchev–Trinajstić information content (AvgIpc) is 2.58. The smallest absolute Gasteiger partial charge is 0.222 e. The lowest BCUT2D eigenvalue weighted by Gasteiger charge is -2.10. The maximum Gasteiger partial charge on any atom is 0.222 e. The van der Waals surface area contributed by atoms with Crippen LogP contribution >= 0.6 is 11.3 Å². The molecule has 2 rings (SSSR count). The molecule has 1 saturated carbocycles. The third-order valence-corrected chi connectivity index (χ3v) is 3.65. The van der Waals surface area contributed by atoms with Crippen LogP contribution < -0.4 is 0 Å². The highest BCUT2D eigenvalue weighted by atomic mass is 32.1. The van der Waals surface area contributed by atoms with Gasteiger partial charge in [0.15, 0.2) is 0 Å². The number of nitrogens with zero attached hydrogens (tertiary/aromatic N) is 1. The first-order valence-corrected chi connectivity index (χ1v) is 5.29. The van der Waals surface area contributed by atoms with E-state index in [4.69, 9.17) is 5.11 Å². The fraction of sp³-hybridized carbons (Fsp3) is 0.667. The van der Waals surface area contributed by atoms with Crippen molar-refractivity contribution in [1.82, 2.24) is 4.98 Å². The van der Waals surface area contributed by atoms with Crippen molar-refractivity contribution >= 4 is 11.3 Å². The highest BCUT2D eigenvalue weighted by Crippen LogP contribution is 2.40. The van der Waals surface area contributed by atoms with E-state index < -0.39 is 0 Å². The number of thiazole rings is 1. The van der Waals surface area contributed by atoms with Gasteiger partial charge in [0.2, 0.25) is 5.88 Å². The van der Waals surface area contributed by atoms with Crippen molar-refractivity contribution in [2.75, 3.05) is 0 Å². The first-order valence-electron chi connectivity index (χ1n) is 4.42. The van der Waals surface area contributed by atoms with E-state index in [0.29, 0.717) is 5.92 Å². The van der Waals surface area contributed by atoms with E-state index in [9.17, 15) is 0 Å². The Bertz CT molecular complexity index is 271. The summed E-state index contributed by atoms with van der Waals surface area (Å²) in [5, 5.41) is 11.9. The van der Waals surface area contributed by atoms with Gasteiger partial charge in [-0.1, -0.05) is 19.8 Å². The second kappa shape index (κ2) is 3.05. The van der Waals surface area contributed by atoms with E-state index in [1.807, 2.05) is 0 Å². The van der Waals surface area contributed by atoms with Gasteiger partial charge in [-0.25, -0.2) is 4.98 Å². The van der Waals surface area contributed by atoms with Crippen LogP contribution in [0, 0.1) is 5.92 Å². The summed E-state index contributed by atoms with van der Waals surface area (Å²) in [7, 11) is 0. The lowest BCUT2D eigenvalue weighted by Crippen LogP contribution is -2.00. The molecule has 2 nitrogen and oxygen atoms in total. The standard InChI is InChI=1S/C9H13NOS/c1-6-3-2-4-7(6)9-10-8(11)5-12-9/h5-7,11H,2-4H2,1H3. The zero-order valence-corrected chi connectivity index (χ0v) is 7.97. The van der Waals surface area contributed by atoms with Gasteiger partial charge in [-0.15, -0.1) is 11.3 Å². The fourth-order valence-corrected chi connectivity index (χ4v) is 2.91. The molecule has 2 atom stereocenters. The maximum absolute atomic E-state index is 9.10.